The summed E-state index contributed by atoms with van der Waals surface area (Å²) in [5.74, 6) is -0.932. The number of carboxylic acids is 1. The summed E-state index contributed by atoms with van der Waals surface area (Å²) in [6, 6.07) is 5.20. The number of ether oxygens (including phenoxy) is 1. The van der Waals surface area contributed by atoms with Crippen molar-refractivity contribution in [1.82, 2.24) is 4.98 Å². The van der Waals surface area contributed by atoms with Crippen LogP contribution in [-0.2, 0) is 14.9 Å². The molecule has 0 fully saturated rings. The Morgan fingerprint density at radius 2 is 2.36 bits per heavy atom. The van der Waals surface area contributed by atoms with Crippen molar-refractivity contribution >= 4 is 5.97 Å². The maximum atomic E-state index is 11.1. The van der Waals surface area contributed by atoms with Crippen molar-refractivity contribution < 1.29 is 14.6 Å². The Labute approximate surface area is 82.5 Å². The van der Waals surface area contributed by atoms with E-state index in [1.807, 2.05) is 0 Å². The van der Waals surface area contributed by atoms with Crippen molar-refractivity contribution in [3.8, 4) is 0 Å². The standard InChI is InChI=1S/C10H13NO3/c1-10(7-14-2,9(12)13)8-5-3-4-6-11-8/h3-6H,7H2,1-2H3,(H,12,13). The summed E-state index contributed by atoms with van der Waals surface area (Å²) in [7, 11) is 1.48. The Hall–Kier alpha value is -1.42. The predicted molar refractivity (Wildman–Crippen MR) is 51.1 cm³/mol. The van der Waals surface area contributed by atoms with E-state index in [2.05, 4.69) is 4.98 Å². The summed E-state index contributed by atoms with van der Waals surface area (Å²) >= 11 is 0. The highest BCUT2D eigenvalue weighted by molar-refractivity contribution is 5.80. The monoisotopic (exact) mass is 195 g/mol. The highest BCUT2D eigenvalue weighted by Gasteiger charge is 2.36. The maximum Gasteiger partial charge on any atom is 0.317 e. The van der Waals surface area contributed by atoms with Crippen LogP contribution < -0.4 is 0 Å². The van der Waals surface area contributed by atoms with Crippen LogP contribution in [0.2, 0.25) is 0 Å². The fraction of sp³-hybridized carbons (Fsp3) is 0.400. The van der Waals surface area contributed by atoms with Gasteiger partial charge in [0.25, 0.3) is 0 Å². The molecule has 0 aliphatic heterocycles. The molecule has 4 heteroatoms. The van der Waals surface area contributed by atoms with Crippen LogP contribution in [-0.4, -0.2) is 29.8 Å². The van der Waals surface area contributed by atoms with Gasteiger partial charge in [-0.25, -0.2) is 0 Å². The summed E-state index contributed by atoms with van der Waals surface area (Å²) in [4.78, 5) is 15.1. The van der Waals surface area contributed by atoms with Gasteiger partial charge in [-0.05, 0) is 19.1 Å². The molecule has 0 bridgehead atoms. The molecule has 1 rings (SSSR count). The van der Waals surface area contributed by atoms with Gasteiger partial charge in [-0.1, -0.05) is 6.07 Å². The Morgan fingerprint density at radius 1 is 1.64 bits per heavy atom. The van der Waals surface area contributed by atoms with Gasteiger partial charge in [0.15, 0.2) is 0 Å². The average Bonchev–Trinajstić information content (AvgIpc) is 2.19. The van der Waals surface area contributed by atoms with Crippen LogP contribution in [0.3, 0.4) is 0 Å². The van der Waals surface area contributed by atoms with E-state index in [1.54, 1.807) is 31.3 Å². The van der Waals surface area contributed by atoms with E-state index < -0.39 is 11.4 Å². The van der Waals surface area contributed by atoms with Gasteiger partial charge in [0.1, 0.15) is 5.41 Å². The van der Waals surface area contributed by atoms with Gasteiger partial charge in [-0.15, -0.1) is 0 Å². The first-order valence-corrected chi connectivity index (χ1v) is 4.25. The maximum absolute atomic E-state index is 11.1. The van der Waals surface area contributed by atoms with E-state index >= 15 is 0 Å². The minimum atomic E-state index is -1.07. The molecule has 14 heavy (non-hydrogen) atoms. The molecule has 0 aliphatic rings. The van der Waals surface area contributed by atoms with Crippen LogP contribution in [0.4, 0.5) is 0 Å². The zero-order chi connectivity index (χ0) is 10.6. The zero-order valence-corrected chi connectivity index (χ0v) is 8.23. The van der Waals surface area contributed by atoms with Gasteiger partial charge in [-0.2, -0.15) is 0 Å². The second-order valence-corrected chi connectivity index (χ2v) is 3.29. The van der Waals surface area contributed by atoms with E-state index in [-0.39, 0.29) is 6.61 Å². The van der Waals surface area contributed by atoms with E-state index in [0.717, 1.165) is 0 Å². The van der Waals surface area contributed by atoms with Crippen molar-refractivity contribution in [3.63, 3.8) is 0 Å². The van der Waals surface area contributed by atoms with Crippen molar-refractivity contribution in [2.24, 2.45) is 0 Å². The zero-order valence-electron chi connectivity index (χ0n) is 8.23. The molecule has 0 spiro atoms. The Morgan fingerprint density at radius 3 is 2.79 bits per heavy atom. The largest absolute Gasteiger partial charge is 0.480 e. The molecule has 0 saturated heterocycles. The van der Waals surface area contributed by atoms with Crippen molar-refractivity contribution in [2.45, 2.75) is 12.3 Å². The van der Waals surface area contributed by atoms with Crippen molar-refractivity contribution in [1.29, 1.82) is 0 Å². The smallest absolute Gasteiger partial charge is 0.317 e. The Bertz CT molecular complexity index is 312. The van der Waals surface area contributed by atoms with E-state index in [1.165, 1.54) is 7.11 Å². The molecule has 0 amide bonds. The molecule has 1 aromatic rings. The number of hydrogen-bond acceptors (Lipinski definition) is 3. The number of pyridine rings is 1. The third-order valence-corrected chi connectivity index (χ3v) is 2.14. The number of carboxylic acid groups (broad SMARTS) is 1. The lowest BCUT2D eigenvalue weighted by atomic mass is 9.87. The third kappa shape index (κ3) is 1.90. The lowest BCUT2D eigenvalue weighted by Gasteiger charge is -2.22. The highest BCUT2D eigenvalue weighted by atomic mass is 16.5. The van der Waals surface area contributed by atoms with Crippen LogP contribution in [0.1, 0.15) is 12.6 Å². The molecule has 1 heterocycles. The van der Waals surface area contributed by atoms with Gasteiger partial charge in [0.05, 0.1) is 12.3 Å². The fourth-order valence-corrected chi connectivity index (χ4v) is 1.22. The first-order chi connectivity index (χ1) is 6.61. The average molecular weight is 195 g/mol. The van der Waals surface area contributed by atoms with Crippen molar-refractivity contribution in [3.05, 3.63) is 30.1 Å². The molecule has 1 atom stereocenters. The molecule has 0 aromatic carbocycles. The fourth-order valence-electron chi connectivity index (χ4n) is 1.22. The quantitative estimate of drug-likeness (QED) is 0.780. The van der Waals surface area contributed by atoms with Gasteiger partial charge in [-0.3, -0.25) is 9.78 Å². The Kier molecular flexibility index (Phi) is 3.19. The van der Waals surface area contributed by atoms with E-state index in [9.17, 15) is 4.79 Å². The predicted octanol–water partition coefficient (Wildman–Crippen LogP) is 1.07. The molecule has 1 N–H and O–H groups in total. The summed E-state index contributed by atoms with van der Waals surface area (Å²) in [5.41, 5.74) is -0.565. The lowest BCUT2D eigenvalue weighted by Crippen LogP contribution is -2.37. The van der Waals surface area contributed by atoms with E-state index in [0.29, 0.717) is 5.69 Å². The van der Waals surface area contributed by atoms with Crippen LogP contribution in [0, 0.1) is 0 Å². The van der Waals surface area contributed by atoms with Gasteiger partial charge in [0.2, 0.25) is 0 Å². The first-order valence-electron chi connectivity index (χ1n) is 4.25. The molecule has 76 valence electrons. The number of rotatable bonds is 4. The summed E-state index contributed by atoms with van der Waals surface area (Å²) < 4.78 is 4.90. The molecule has 0 radical (unpaired) electrons. The topological polar surface area (TPSA) is 59.4 Å². The SMILES string of the molecule is COCC(C)(C(=O)O)c1ccccn1. The van der Waals surface area contributed by atoms with Crippen molar-refractivity contribution in [2.75, 3.05) is 13.7 Å². The summed E-state index contributed by atoms with van der Waals surface area (Å²) in [5, 5.41) is 9.10. The first kappa shape index (κ1) is 10.7. The van der Waals surface area contributed by atoms with Crippen LogP contribution >= 0.6 is 0 Å². The number of aromatic nitrogens is 1. The van der Waals surface area contributed by atoms with Gasteiger partial charge in [0, 0.05) is 13.3 Å². The summed E-state index contributed by atoms with van der Waals surface area (Å²) in [6.45, 7) is 1.71. The molecule has 4 nitrogen and oxygen atoms in total. The van der Waals surface area contributed by atoms with Crippen LogP contribution in [0.15, 0.2) is 24.4 Å². The van der Waals surface area contributed by atoms with Crippen LogP contribution in [0.25, 0.3) is 0 Å². The van der Waals surface area contributed by atoms with Gasteiger partial charge < -0.3 is 9.84 Å². The number of carbonyl (C=O) groups is 1. The minimum absolute atomic E-state index is 0.110. The minimum Gasteiger partial charge on any atom is -0.480 e. The highest BCUT2D eigenvalue weighted by Crippen LogP contribution is 2.22. The Balaban J connectivity index is 3.06. The number of methoxy groups -OCH3 is 1. The molecule has 1 aromatic heterocycles. The number of nitrogens with zero attached hydrogens (tertiary/aromatic N) is 1. The van der Waals surface area contributed by atoms with Crippen LogP contribution in [0.5, 0.6) is 0 Å². The number of hydrogen-bond donors (Lipinski definition) is 1. The van der Waals surface area contributed by atoms with E-state index in [4.69, 9.17) is 9.84 Å². The molecular formula is C10H13NO3. The van der Waals surface area contributed by atoms with Gasteiger partial charge >= 0.3 is 5.97 Å². The second kappa shape index (κ2) is 4.19. The molecule has 0 aliphatic carbocycles. The lowest BCUT2D eigenvalue weighted by molar-refractivity contribution is -0.145. The number of aliphatic carboxylic acids is 1. The summed E-state index contributed by atoms with van der Waals surface area (Å²) in [6.07, 6.45) is 1.58. The third-order valence-electron chi connectivity index (χ3n) is 2.14. The molecule has 0 saturated carbocycles. The molecule has 1 unspecified atom stereocenters. The normalized spacial score (nSPS) is 14.7. The molecular weight excluding hydrogens is 182 g/mol. The second-order valence-electron chi connectivity index (χ2n) is 3.29.